The quantitative estimate of drug-likeness (QED) is 0.443. The van der Waals surface area contributed by atoms with E-state index in [0.29, 0.717) is 17.9 Å². The third-order valence-electron chi connectivity index (χ3n) is 6.35. The van der Waals surface area contributed by atoms with Crippen molar-refractivity contribution in [3.63, 3.8) is 0 Å². The van der Waals surface area contributed by atoms with Crippen LogP contribution in [-0.2, 0) is 13.6 Å². The lowest BCUT2D eigenvalue weighted by Gasteiger charge is -2.24. The van der Waals surface area contributed by atoms with Gasteiger partial charge in [0.15, 0.2) is 0 Å². The molecule has 0 unspecified atom stereocenters. The van der Waals surface area contributed by atoms with Crippen LogP contribution in [-0.4, -0.2) is 42.3 Å². The van der Waals surface area contributed by atoms with E-state index < -0.39 is 5.60 Å². The monoisotopic (exact) mass is 467 g/mol. The normalized spacial score (nSPS) is 13.6. The Morgan fingerprint density at radius 3 is 2.60 bits per heavy atom. The summed E-state index contributed by atoms with van der Waals surface area (Å²) in [5.74, 6) is 6.28. The van der Waals surface area contributed by atoms with Crippen molar-refractivity contribution in [2.45, 2.75) is 51.8 Å². The lowest BCUT2D eigenvalue weighted by molar-refractivity contribution is 0.0729. The van der Waals surface area contributed by atoms with E-state index >= 15 is 0 Å². The van der Waals surface area contributed by atoms with Crippen molar-refractivity contribution in [3.05, 3.63) is 64.8 Å². The highest BCUT2D eigenvalue weighted by Crippen LogP contribution is 2.33. The van der Waals surface area contributed by atoms with Gasteiger partial charge in [-0.2, -0.15) is 5.10 Å². The van der Waals surface area contributed by atoms with E-state index in [1.165, 1.54) is 0 Å². The number of fused-ring (bicyclic) bond motifs is 3. The van der Waals surface area contributed by atoms with Crippen LogP contribution in [0.2, 0.25) is 0 Å². The summed E-state index contributed by atoms with van der Waals surface area (Å²) in [4.78, 5) is 20.3. The molecule has 0 spiro atoms. The molecule has 1 aliphatic rings. The van der Waals surface area contributed by atoms with E-state index in [0.717, 1.165) is 51.3 Å². The van der Waals surface area contributed by atoms with E-state index in [9.17, 15) is 9.90 Å². The molecule has 1 saturated carbocycles. The maximum Gasteiger partial charge on any atom is 0.254 e. The predicted octanol–water partition coefficient (Wildman–Crippen LogP) is 3.94. The van der Waals surface area contributed by atoms with Crippen LogP contribution in [0.1, 0.15) is 53.7 Å². The average Bonchev–Trinajstić information content (AvgIpc) is 3.57. The molecule has 35 heavy (non-hydrogen) atoms. The molecule has 0 aliphatic heterocycles. The van der Waals surface area contributed by atoms with E-state index in [4.69, 9.17) is 5.73 Å². The van der Waals surface area contributed by atoms with Gasteiger partial charge in [0.05, 0.1) is 22.6 Å². The van der Waals surface area contributed by atoms with Crippen molar-refractivity contribution in [2.24, 2.45) is 7.05 Å². The zero-order chi connectivity index (χ0) is 24.9. The smallest absolute Gasteiger partial charge is 0.254 e. The number of hydrogen-bond acceptors (Lipinski definition) is 5. The molecular formula is C28H29N5O2. The van der Waals surface area contributed by atoms with Gasteiger partial charge in [0.25, 0.3) is 5.91 Å². The van der Waals surface area contributed by atoms with Crippen LogP contribution < -0.4 is 5.73 Å². The number of carbonyl (C=O) groups excluding carboxylic acids is 1. The first-order valence-corrected chi connectivity index (χ1v) is 11.8. The number of aromatic nitrogens is 3. The fraction of sp³-hybridized carbons (Fsp3) is 0.321. The van der Waals surface area contributed by atoms with Crippen LogP contribution in [0.5, 0.6) is 0 Å². The highest BCUT2D eigenvalue weighted by Gasteiger charge is 2.34. The van der Waals surface area contributed by atoms with Gasteiger partial charge in [-0.3, -0.25) is 9.48 Å². The SMILES string of the molecule is Cc1cc2nc(N)c3cnn(C)c3c2cc1C(=O)N(Cc1ccc(C#CC(C)(C)O)cc1)C1CC1. The second-order valence-electron chi connectivity index (χ2n) is 9.88. The Morgan fingerprint density at radius 1 is 1.23 bits per heavy atom. The van der Waals surface area contributed by atoms with Crippen molar-refractivity contribution in [1.29, 1.82) is 0 Å². The van der Waals surface area contributed by atoms with Crippen LogP contribution in [0, 0.1) is 18.8 Å². The maximum atomic E-state index is 13.8. The summed E-state index contributed by atoms with van der Waals surface area (Å²) in [7, 11) is 1.87. The Hall–Kier alpha value is -3.89. The van der Waals surface area contributed by atoms with Crippen molar-refractivity contribution >= 4 is 33.5 Å². The van der Waals surface area contributed by atoms with E-state index in [1.807, 2.05) is 55.3 Å². The van der Waals surface area contributed by atoms with Crippen molar-refractivity contribution < 1.29 is 9.90 Å². The molecule has 0 atom stereocenters. The Balaban J connectivity index is 1.48. The van der Waals surface area contributed by atoms with Crippen LogP contribution >= 0.6 is 0 Å². The van der Waals surface area contributed by atoms with Gasteiger partial charge in [0.2, 0.25) is 0 Å². The molecule has 178 valence electrons. The fourth-order valence-electron chi connectivity index (χ4n) is 4.36. The zero-order valence-electron chi connectivity index (χ0n) is 20.5. The third-order valence-corrected chi connectivity index (χ3v) is 6.35. The molecule has 1 aliphatic carbocycles. The number of nitrogen functional groups attached to an aromatic ring is 1. The third kappa shape index (κ3) is 4.58. The standard InChI is InChI=1S/C28H29N5O2/c1-17-13-24-22(25-23(26(29)31-24)15-30-32(25)4)14-21(17)27(34)33(20-9-10-20)16-19-7-5-18(6-8-19)11-12-28(2,3)35/h5-8,13-15,20,35H,9-10,16H2,1-4H3,(H2,29,31). The summed E-state index contributed by atoms with van der Waals surface area (Å²) >= 11 is 0. The number of carbonyl (C=O) groups is 1. The first kappa shape index (κ1) is 22.9. The number of nitrogens with zero attached hydrogens (tertiary/aromatic N) is 4. The maximum absolute atomic E-state index is 13.8. The second kappa shape index (κ2) is 8.40. The Morgan fingerprint density at radius 2 is 1.94 bits per heavy atom. The van der Waals surface area contributed by atoms with Gasteiger partial charge in [-0.05, 0) is 69.0 Å². The lowest BCUT2D eigenvalue weighted by Crippen LogP contribution is -2.33. The highest BCUT2D eigenvalue weighted by molar-refractivity contribution is 6.10. The van der Waals surface area contributed by atoms with Gasteiger partial charge in [-0.1, -0.05) is 24.0 Å². The molecule has 3 N–H and O–H groups in total. The van der Waals surface area contributed by atoms with Crippen LogP contribution in [0.25, 0.3) is 21.8 Å². The van der Waals surface area contributed by atoms with Crippen LogP contribution in [0.3, 0.4) is 0 Å². The molecule has 0 saturated heterocycles. The number of aliphatic hydroxyl groups is 1. The van der Waals surface area contributed by atoms with Crippen molar-refractivity contribution in [1.82, 2.24) is 19.7 Å². The van der Waals surface area contributed by atoms with E-state index in [2.05, 4.69) is 21.9 Å². The van der Waals surface area contributed by atoms with Gasteiger partial charge in [-0.25, -0.2) is 4.98 Å². The van der Waals surface area contributed by atoms with Crippen LogP contribution in [0.15, 0.2) is 42.6 Å². The van der Waals surface area contributed by atoms with Crippen molar-refractivity contribution in [2.75, 3.05) is 5.73 Å². The molecule has 2 heterocycles. The van der Waals surface area contributed by atoms with Gasteiger partial charge in [0.1, 0.15) is 11.4 Å². The summed E-state index contributed by atoms with van der Waals surface area (Å²) in [6.45, 7) is 5.79. The summed E-state index contributed by atoms with van der Waals surface area (Å²) in [5.41, 5.74) is 10.2. The van der Waals surface area contributed by atoms with E-state index in [-0.39, 0.29) is 11.9 Å². The largest absolute Gasteiger partial charge is 0.383 e. The number of amides is 1. The molecule has 1 amide bonds. The number of nitrogens with two attached hydrogens (primary N) is 1. The van der Waals surface area contributed by atoms with Gasteiger partial charge in [-0.15, -0.1) is 0 Å². The summed E-state index contributed by atoms with van der Waals surface area (Å²) in [5, 5.41) is 15.8. The fourth-order valence-corrected chi connectivity index (χ4v) is 4.36. The second-order valence-corrected chi connectivity index (χ2v) is 9.88. The van der Waals surface area contributed by atoms with Gasteiger partial charge < -0.3 is 15.7 Å². The zero-order valence-corrected chi connectivity index (χ0v) is 20.5. The minimum absolute atomic E-state index is 0.0185. The minimum atomic E-state index is -1.03. The predicted molar refractivity (Wildman–Crippen MR) is 138 cm³/mol. The summed E-state index contributed by atoms with van der Waals surface area (Å²) in [6, 6.07) is 12.0. The molecule has 7 nitrogen and oxygen atoms in total. The highest BCUT2D eigenvalue weighted by atomic mass is 16.3. The number of anilines is 1. The molecule has 4 aromatic rings. The Labute approximate surface area is 204 Å². The number of hydrogen-bond donors (Lipinski definition) is 2. The average molecular weight is 468 g/mol. The first-order valence-electron chi connectivity index (χ1n) is 11.8. The molecule has 0 bridgehead atoms. The number of aryl methyl sites for hydroxylation is 2. The summed E-state index contributed by atoms with van der Waals surface area (Å²) < 4.78 is 1.78. The molecule has 0 radical (unpaired) electrons. The number of rotatable bonds is 4. The first-order chi connectivity index (χ1) is 16.6. The number of benzene rings is 2. The minimum Gasteiger partial charge on any atom is -0.383 e. The molecule has 2 aromatic heterocycles. The van der Waals surface area contributed by atoms with E-state index in [1.54, 1.807) is 24.7 Å². The molecule has 5 rings (SSSR count). The topological polar surface area (TPSA) is 97.3 Å². The number of pyridine rings is 1. The molecule has 2 aromatic carbocycles. The Bertz CT molecular complexity index is 1510. The van der Waals surface area contributed by atoms with Crippen molar-refractivity contribution in [3.8, 4) is 11.8 Å². The molecule has 7 heteroatoms. The molecule has 1 fully saturated rings. The summed E-state index contributed by atoms with van der Waals surface area (Å²) in [6.07, 6.45) is 3.74. The van der Waals surface area contributed by atoms with Gasteiger partial charge >= 0.3 is 0 Å². The van der Waals surface area contributed by atoms with Gasteiger partial charge in [0, 0.05) is 36.1 Å². The lowest BCUT2D eigenvalue weighted by atomic mass is 10.0. The van der Waals surface area contributed by atoms with Crippen LogP contribution in [0.4, 0.5) is 5.82 Å². The Kier molecular flexibility index (Phi) is 5.49. The molecular weight excluding hydrogens is 438 g/mol.